The van der Waals surface area contributed by atoms with Gasteiger partial charge in [0.2, 0.25) is 5.89 Å². The number of aromatic nitrogens is 5. The lowest BCUT2D eigenvalue weighted by molar-refractivity contribution is 0.331. The van der Waals surface area contributed by atoms with Crippen molar-refractivity contribution in [2.24, 2.45) is 0 Å². The van der Waals surface area contributed by atoms with Crippen LogP contribution in [0.25, 0.3) is 11.5 Å². The SMILES string of the molecule is Cc1noc(C2CCCN(c3nc(-c4ccccn4)nc(C)c3C)C2)n1. The summed E-state index contributed by atoms with van der Waals surface area (Å²) >= 11 is 0. The van der Waals surface area contributed by atoms with E-state index in [2.05, 4.69) is 31.9 Å². The van der Waals surface area contributed by atoms with E-state index in [1.54, 1.807) is 6.20 Å². The lowest BCUT2D eigenvalue weighted by atomic mass is 9.97. The van der Waals surface area contributed by atoms with Gasteiger partial charge in [0.15, 0.2) is 11.6 Å². The Labute approximate surface area is 152 Å². The molecule has 0 aliphatic carbocycles. The summed E-state index contributed by atoms with van der Waals surface area (Å²) in [6, 6.07) is 5.79. The molecule has 1 saturated heterocycles. The van der Waals surface area contributed by atoms with E-state index in [4.69, 9.17) is 9.51 Å². The molecular weight excluding hydrogens is 328 g/mol. The first-order valence-corrected chi connectivity index (χ1v) is 8.93. The monoisotopic (exact) mass is 350 g/mol. The van der Waals surface area contributed by atoms with E-state index in [9.17, 15) is 0 Å². The molecule has 1 fully saturated rings. The number of rotatable bonds is 3. The lowest BCUT2D eigenvalue weighted by Crippen LogP contribution is -2.36. The van der Waals surface area contributed by atoms with Crippen LogP contribution >= 0.6 is 0 Å². The maximum atomic E-state index is 5.40. The van der Waals surface area contributed by atoms with Gasteiger partial charge in [0.25, 0.3) is 0 Å². The quantitative estimate of drug-likeness (QED) is 0.717. The Balaban J connectivity index is 1.67. The molecule has 3 aromatic rings. The van der Waals surface area contributed by atoms with Crippen LogP contribution < -0.4 is 4.90 Å². The van der Waals surface area contributed by atoms with Crippen LogP contribution in [0.1, 0.15) is 41.7 Å². The summed E-state index contributed by atoms with van der Waals surface area (Å²) in [5.41, 5.74) is 2.87. The second kappa shape index (κ2) is 6.82. The Morgan fingerprint density at radius 3 is 2.73 bits per heavy atom. The predicted octanol–water partition coefficient (Wildman–Crippen LogP) is 3.23. The van der Waals surface area contributed by atoms with E-state index >= 15 is 0 Å². The highest BCUT2D eigenvalue weighted by Gasteiger charge is 2.28. The maximum Gasteiger partial charge on any atom is 0.231 e. The third kappa shape index (κ3) is 3.16. The fraction of sp³-hybridized carbons (Fsp3) is 0.421. The smallest absolute Gasteiger partial charge is 0.231 e. The second-order valence-electron chi connectivity index (χ2n) is 6.76. The number of piperidine rings is 1. The minimum absolute atomic E-state index is 0.234. The number of nitrogens with zero attached hydrogens (tertiary/aromatic N) is 6. The van der Waals surface area contributed by atoms with Crippen LogP contribution in [0.5, 0.6) is 0 Å². The topological polar surface area (TPSA) is 80.8 Å². The van der Waals surface area contributed by atoms with Gasteiger partial charge >= 0.3 is 0 Å². The molecular formula is C19H22N6O. The minimum Gasteiger partial charge on any atom is -0.355 e. The van der Waals surface area contributed by atoms with Crippen LogP contribution in [0.4, 0.5) is 5.82 Å². The summed E-state index contributed by atoms with van der Waals surface area (Å²) in [5, 5.41) is 3.94. The van der Waals surface area contributed by atoms with Crippen molar-refractivity contribution < 1.29 is 4.52 Å². The van der Waals surface area contributed by atoms with Gasteiger partial charge in [-0.1, -0.05) is 11.2 Å². The Kier molecular flexibility index (Phi) is 4.36. The molecule has 0 aromatic carbocycles. The Morgan fingerprint density at radius 1 is 1.12 bits per heavy atom. The van der Waals surface area contributed by atoms with E-state index in [1.165, 1.54) is 0 Å². The molecule has 0 amide bonds. The van der Waals surface area contributed by atoms with Crippen molar-refractivity contribution in [3.63, 3.8) is 0 Å². The summed E-state index contributed by atoms with van der Waals surface area (Å²) < 4.78 is 5.40. The van der Waals surface area contributed by atoms with Gasteiger partial charge in [0.1, 0.15) is 11.5 Å². The van der Waals surface area contributed by atoms with Gasteiger partial charge in [-0.15, -0.1) is 0 Å². The zero-order valence-corrected chi connectivity index (χ0v) is 15.3. The van der Waals surface area contributed by atoms with Crippen molar-refractivity contribution in [2.75, 3.05) is 18.0 Å². The molecule has 1 atom stereocenters. The van der Waals surface area contributed by atoms with Crippen LogP contribution in [-0.2, 0) is 0 Å². The maximum absolute atomic E-state index is 5.40. The predicted molar refractivity (Wildman–Crippen MR) is 98.0 cm³/mol. The highest BCUT2D eigenvalue weighted by molar-refractivity contribution is 5.57. The number of hydrogen-bond acceptors (Lipinski definition) is 7. The van der Waals surface area contributed by atoms with Gasteiger partial charge in [-0.05, 0) is 45.7 Å². The molecule has 0 saturated carbocycles. The summed E-state index contributed by atoms with van der Waals surface area (Å²) in [5.74, 6) is 3.28. The van der Waals surface area contributed by atoms with Crippen molar-refractivity contribution in [3.05, 3.63) is 47.4 Å². The minimum atomic E-state index is 0.234. The summed E-state index contributed by atoms with van der Waals surface area (Å²) in [6.07, 6.45) is 3.88. The average molecular weight is 350 g/mol. The summed E-state index contributed by atoms with van der Waals surface area (Å²) in [7, 11) is 0. The van der Waals surface area contributed by atoms with Crippen LogP contribution in [-0.4, -0.2) is 38.2 Å². The molecule has 7 heteroatoms. The molecule has 134 valence electrons. The van der Waals surface area contributed by atoms with Crippen LogP contribution in [0.3, 0.4) is 0 Å². The molecule has 0 N–H and O–H groups in total. The standard InChI is InChI=1S/C19H22N6O/c1-12-13(2)21-17(16-8-4-5-9-20-16)23-18(12)25-10-6-7-15(11-25)19-22-14(3)24-26-19/h4-5,8-9,15H,6-7,10-11H2,1-3H3. The van der Waals surface area contributed by atoms with Crippen molar-refractivity contribution in [1.29, 1.82) is 0 Å². The average Bonchev–Trinajstić information content (AvgIpc) is 3.11. The largest absolute Gasteiger partial charge is 0.355 e. The molecule has 1 unspecified atom stereocenters. The number of hydrogen-bond donors (Lipinski definition) is 0. The van der Waals surface area contributed by atoms with E-state index in [0.29, 0.717) is 11.6 Å². The van der Waals surface area contributed by atoms with Gasteiger partial charge in [0.05, 0.1) is 5.92 Å². The molecule has 1 aliphatic rings. The van der Waals surface area contributed by atoms with Crippen molar-refractivity contribution in [3.8, 4) is 11.5 Å². The van der Waals surface area contributed by atoms with Gasteiger partial charge < -0.3 is 9.42 Å². The van der Waals surface area contributed by atoms with Crippen molar-refractivity contribution >= 4 is 5.82 Å². The van der Waals surface area contributed by atoms with Gasteiger partial charge in [-0.3, -0.25) is 4.98 Å². The zero-order chi connectivity index (χ0) is 18.1. The Bertz CT molecular complexity index is 908. The second-order valence-corrected chi connectivity index (χ2v) is 6.76. The first-order chi connectivity index (χ1) is 12.6. The Hall–Kier alpha value is -2.83. The van der Waals surface area contributed by atoms with E-state index < -0.39 is 0 Å². The number of anilines is 1. The lowest BCUT2D eigenvalue weighted by Gasteiger charge is -2.33. The molecule has 0 bridgehead atoms. The molecule has 0 radical (unpaired) electrons. The molecule has 3 aromatic heterocycles. The molecule has 1 aliphatic heterocycles. The highest BCUT2D eigenvalue weighted by Crippen LogP contribution is 2.31. The number of pyridine rings is 1. The first kappa shape index (κ1) is 16.6. The third-order valence-corrected chi connectivity index (χ3v) is 4.87. The first-order valence-electron chi connectivity index (χ1n) is 8.93. The molecule has 4 rings (SSSR count). The van der Waals surface area contributed by atoms with Crippen molar-refractivity contribution in [1.82, 2.24) is 25.1 Å². The molecule has 7 nitrogen and oxygen atoms in total. The fourth-order valence-electron chi connectivity index (χ4n) is 3.38. The van der Waals surface area contributed by atoms with Crippen molar-refractivity contribution in [2.45, 2.75) is 39.5 Å². The summed E-state index contributed by atoms with van der Waals surface area (Å²) in [6.45, 7) is 7.73. The van der Waals surface area contributed by atoms with Crippen LogP contribution in [0, 0.1) is 20.8 Å². The van der Waals surface area contributed by atoms with E-state index in [0.717, 1.165) is 54.6 Å². The molecule has 4 heterocycles. The van der Waals surface area contributed by atoms with Gasteiger partial charge in [-0.2, -0.15) is 4.98 Å². The third-order valence-electron chi connectivity index (χ3n) is 4.87. The van der Waals surface area contributed by atoms with Gasteiger partial charge in [-0.25, -0.2) is 9.97 Å². The normalized spacial score (nSPS) is 17.5. The van der Waals surface area contributed by atoms with E-state index in [1.807, 2.05) is 32.0 Å². The van der Waals surface area contributed by atoms with E-state index in [-0.39, 0.29) is 5.92 Å². The number of aryl methyl sites for hydroxylation is 2. The van der Waals surface area contributed by atoms with Gasteiger partial charge in [0, 0.05) is 30.5 Å². The van der Waals surface area contributed by atoms with Crippen LogP contribution in [0.15, 0.2) is 28.9 Å². The summed E-state index contributed by atoms with van der Waals surface area (Å²) in [4.78, 5) is 20.6. The zero-order valence-electron chi connectivity index (χ0n) is 15.3. The highest BCUT2D eigenvalue weighted by atomic mass is 16.5. The fourth-order valence-corrected chi connectivity index (χ4v) is 3.38. The van der Waals surface area contributed by atoms with Crippen LogP contribution in [0.2, 0.25) is 0 Å². The molecule has 0 spiro atoms. The Morgan fingerprint density at radius 2 is 2.00 bits per heavy atom. The molecule has 26 heavy (non-hydrogen) atoms.